The molecule has 0 spiro atoms. The largest absolute Gasteiger partial charge is 0.433 e. The summed E-state index contributed by atoms with van der Waals surface area (Å²) >= 11 is 0. The molecule has 0 amide bonds. The zero-order chi connectivity index (χ0) is 14.3. The Balaban J connectivity index is 2.50. The summed E-state index contributed by atoms with van der Waals surface area (Å²) in [5, 5.41) is 0. The molecule has 0 radical (unpaired) electrons. The lowest BCUT2D eigenvalue weighted by atomic mass is 9.87. The Labute approximate surface area is 111 Å². The van der Waals surface area contributed by atoms with Gasteiger partial charge in [-0.2, -0.15) is 13.2 Å². The second kappa shape index (κ2) is 4.69. The molecule has 0 saturated carbocycles. The quantitative estimate of drug-likeness (QED) is 0.768. The van der Waals surface area contributed by atoms with E-state index in [-0.39, 0.29) is 5.41 Å². The molecule has 0 atom stereocenters. The van der Waals surface area contributed by atoms with Crippen LogP contribution in [0.1, 0.15) is 44.9 Å². The van der Waals surface area contributed by atoms with Gasteiger partial charge in [-0.3, -0.25) is 0 Å². The summed E-state index contributed by atoms with van der Waals surface area (Å²) in [5.41, 5.74) is -0.139. The van der Waals surface area contributed by atoms with Crippen molar-refractivity contribution >= 4 is 5.82 Å². The molecular formula is C14H19F3N2. The van der Waals surface area contributed by atoms with Gasteiger partial charge in [0.05, 0.1) is 0 Å². The minimum atomic E-state index is -4.38. The third-order valence-corrected chi connectivity index (χ3v) is 3.38. The van der Waals surface area contributed by atoms with Crippen molar-refractivity contribution in [1.29, 1.82) is 0 Å². The SMILES string of the molecule is CC(C)(C)c1ccc(C(F)(F)F)nc1N1CCCC1. The second-order valence-electron chi connectivity index (χ2n) is 6.01. The van der Waals surface area contributed by atoms with Gasteiger partial charge in [0.2, 0.25) is 0 Å². The van der Waals surface area contributed by atoms with Crippen LogP contribution in [0.5, 0.6) is 0 Å². The van der Waals surface area contributed by atoms with Crippen molar-refractivity contribution in [3.05, 3.63) is 23.4 Å². The average molecular weight is 272 g/mol. The highest BCUT2D eigenvalue weighted by Gasteiger charge is 2.35. The van der Waals surface area contributed by atoms with Crippen molar-refractivity contribution in [3.8, 4) is 0 Å². The van der Waals surface area contributed by atoms with E-state index in [0.29, 0.717) is 5.82 Å². The zero-order valence-electron chi connectivity index (χ0n) is 11.5. The van der Waals surface area contributed by atoms with E-state index in [1.165, 1.54) is 0 Å². The molecule has 0 aliphatic carbocycles. The summed E-state index contributed by atoms with van der Waals surface area (Å²) < 4.78 is 38.4. The summed E-state index contributed by atoms with van der Waals surface area (Å²) in [6, 6.07) is 2.66. The summed E-state index contributed by atoms with van der Waals surface area (Å²) in [7, 11) is 0. The Morgan fingerprint density at radius 2 is 1.63 bits per heavy atom. The van der Waals surface area contributed by atoms with Crippen LogP contribution in [0, 0.1) is 0 Å². The lowest BCUT2D eigenvalue weighted by molar-refractivity contribution is -0.141. The molecule has 2 rings (SSSR count). The van der Waals surface area contributed by atoms with Gasteiger partial charge in [-0.15, -0.1) is 0 Å². The molecule has 2 nitrogen and oxygen atoms in total. The monoisotopic (exact) mass is 272 g/mol. The smallest absolute Gasteiger partial charge is 0.356 e. The predicted octanol–water partition coefficient (Wildman–Crippen LogP) is 4.00. The van der Waals surface area contributed by atoms with Gasteiger partial charge in [0.1, 0.15) is 11.5 Å². The molecule has 0 unspecified atom stereocenters. The van der Waals surface area contributed by atoms with Crippen molar-refractivity contribution in [2.45, 2.75) is 45.2 Å². The molecule has 19 heavy (non-hydrogen) atoms. The van der Waals surface area contributed by atoms with Crippen molar-refractivity contribution < 1.29 is 13.2 Å². The topological polar surface area (TPSA) is 16.1 Å². The highest BCUT2D eigenvalue weighted by atomic mass is 19.4. The van der Waals surface area contributed by atoms with Crippen LogP contribution in [0.25, 0.3) is 0 Å². The maximum absolute atomic E-state index is 12.8. The van der Waals surface area contributed by atoms with Crippen LogP contribution in [0.15, 0.2) is 12.1 Å². The molecule has 0 bridgehead atoms. The van der Waals surface area contributed by atoms with Crippen molar-refractivity contribution in [2.24, 2.45) is 0 Å². The Hall–Kier alpha value is -1.26. The number of halogens is 3. The minimum Gasteiger partial charge on any atom is -0.356 e. The Morgan fingerprint density at radius 3 is 2.11 bits per heavy atom. The molecular weight excluding hydrogens is 253 g/mol. The number of alkyl halides is 3. The summed E-state index contributed by atoms with van der Waals surface area (Å²) in [5.74, 6) is 0.500. The fourth-order valence-electron chi connectivity index (χ4n) is 2.36. The Kier molecular flexibility index (Phi) is 3.49. The van der Waals surface area contributed by atoms with Crippen LogP contribution in [0.3, 0.4) is 0 Å². The highest BCUT2D eigenvalue weighted by molar-refractivity contribution is 5.52. The number of hydrogen-bond acceptors (Lipinski definition) is 2. The molecule has 1 fully saturated rings. The second-order valence-corrected chi connectivity index (χ2v) is 6.01. The van der Waals surface area contributed by atoms with Gasteiger partial charge < -0.3 is 4.90 Å². The maximum atomic E-state index is 12.8. The molecule has 1 aliphatic heterocycles. The lowest BCUT2D eigenvalue weighted by Crippen LogP contribution is -2.26. The standard InChI is InChI=1S/C14H19F3N2/c1-13(2,3)10-6-7-11(14(15,16)17)18-12(10)19-8-4-5-9-19/h6-7H,4-5,8-9H2,1-3H3. The number of aromatic nitrogens is 1. The van der Waals surface area contributed by atoms with Crippen LogP contribution in [-0.4, -0.2) is 18.1 Å². The first kappa shape index (κ1) is 14.2. The summed E-state index contributed by atoms with van der Waals surface area (Å²) in [6.45, 7) is 7.57. The first-order valence-corrected chi connectivity index (χ1v) is 6.53. The molecule has 1 saturated heterocycles. The van der Waals surface area contributed by atoms with E-state index >= 15 is 0 Å². The zero-order valence-corrected chi connectivity index (χ0v) is 11.5. The van der Waals surface area contributed by atoms with Crippen LogP contribution >= 0.6 is 0 Å². The Morgan fingerprint density at radius 1 is 1.05 bits per heavy atom. The first-order chi connectivity index (χ1) is 8.69. The van der Waals surface area contributed by atoms with E-state index in [1.54, 1.807) is 6.07 Å². The molecule has 1 aromatic rings. The van der Waals surface area contributed by atoms with Crippen molar-refractivity contribution in [1.82, 2.24) is 4.98 Å². The summed E-state index contributed by atoms with van der Waals surface area (Å²) in [6.07, 6.45) is -2.35. The minimum absolute atomic E-state index is 0.213. The van der Waals surface area contributed by atoms with Crippen LogP contribution < -0.4 is 4.90 Å². The fraction of sp³-hybridized carbons (Fsp3) is 0.643. The molecule has 1 aromatic heterocycles. The number of rotatable bonds is 1. The van der Waals surface area contributed by atoms with E-state index < -0.39 is 11.9 Å². The molecule has 2 heterocycles. The molecule has 0 N–H and O–H groups in total. The van der Waals surface area contributed by atoms with Gasteiger partial charge in [-0.25, -0.2) is 4.98 Å². The molecule has 106 valence electrons. The normalized spacial score (nSPS) is 17.1. The fourth-order valence-corrected chi connectivity index (χ4v) is 2.36. The number of anilines is 1. The third-order valence-electron chi connectivity index (χ3n) is 3.38. The van der Waals surface area contributed by atoms with E-state index in [2.05, 4.69) is 4.98 Å². The predicted molar refractivity (Wildman–Crippen MR) is 69.4 cm³/mol. The average Bonchev–Trinajstić information content (AvgIpc) is 2.79. The first-order valence-electron chi connectivity index (χ1n) is 6.53. The highest BCUT2D eigenvalue weighted by Crippen LogP contribution is 2.36. The number of hydrogen-bond donors (Lipinski definition) is 0. The van der Waals surface area contributed by atoms with Gasteiger partial charge in [-0.1, -0.05) is 26.8 Å². The van der Waals surface area contributed by atoms with Gasteiger partial charge >= 0.3 is 6.18 Å². The third kappa shape index (κ3) is 3.01. The van der Waals surface area contributed by atoms with Crippen LogP contribution in [0.2, 0.25) is 0 Å². The van der Waals surface area contributed by atoms with Gasteiger partial charge in [0.15, 0.2) is 0 Å². The maximum Gasteiger partial charge on any atom is 0.433 e. The van der Waals surface area contributed by atoms with Crippen LogP contribution in [-0.2, 0) is 11.6 Å². The van der Waals surface area contributed by atoms with E-state index in [0.717, 1.165) is 37.6 Å². The molecule has 1 aliphatic rings. The number of pyridine rings is 1. The van der Waals surface area contributed by atoms with E-state index in [9.17, 15) is 13.2 Å². The molecule has 5 heteroatoms. The van der Waals surface area contributed by atoms with Crippen LogP contribution in [0.4, 0.5) is 19.0 Å². The lowest BCUT2D eigenvalue weighted by Gasteiger charge is -2.28. The van der Waals surface area contributed by atoms with Gasteiger partial charge in [0.25, 0.3) is 0 Å². The Bertz CT molecular complexity index is 455. The number of nitrogens with zero attached hydrogens (tertiary/aromatic N) is 2. The van der Waals surface area contributed by atoms with E-state index in [1.807, 2.05) is 25.7 Å². The van der Waals surface area contributed by atoms with Gasteiger partial charge in [-0.05, 0) is 24.3 Å². The van der Waals surface area contributed by atoms with Crippen molar-refractivity contribution in [3.63, 3.8) is 0 Å². The summed E-state index contributed by atoms with van der Waals surface area (Å²) in [4.78, 5) is 5.86. The van der Waals surface area contributed by atoms with Gasteiger partial charge in [0, 0.05) is 18.7 Å². The molecule has 0 aromatic carbocycles. The van der Waals surface area contributed by atoms with Crippen molar-refractivity contribution in [2.75, 3.05) is 18.0 Å². The van der Waals surface area contributed by atoms with E-state index in [4.69, 9.17) is 0 Å².